The smallest absolute Gasteiger partial charge is 0.349 e. The first-order chi connectivity index (χ1) is 22.0. The molecule has 12 nitrogen and oxygen atoms in total. The van der Waals surface area contributed by atoms with Gasteiger partial charge in [-0.2, -0.15) is 0 Å². The minimum absolute atomic E-state index is 0.127. The Morgan fingerprint density at radius 3 is 0.848 bits per heavy atom. The molecule has 2 N–H and O–H groups in total. The molecule has 266 valence electrons. The summed E-state index contributed by atoms with van der Waals surface area (Å²) in [6, 6.07) is 0. The van der Waals surface area contributed by atoms with Gasteiger partial charge in [0, 0.05) is 25.7 Å². The molecule has 0 aromatic carbocycles. The highest BCUT2D eigenvalue weighted by Gasteiger charge is 2.50. The third-order valence-electron chi connectivity index (χ3n) is 7.40. The maximum Gasteiger partial charge on any atom is 0.349 e. The summed E-state index contributed by atoms with van der Waals surface area (Å²) in [4.78, 5) is 76.4. The SMILES string of the molecule is CCCCCCC(=O)O[C@H]([C@H](OC(=O)CCCCCC)[C@@H](OC(=O)CCCCCC)C(=O)O)[C@H](OC(=O)CCCCCC)C(=O)O. The number of esters is 4. The van der Waals surface area contributed by atoms with Crippen molar-refractivity contribution >= 4 is 35.8 Å². The van der Waals surface area contributed by atoms with Crippen LogP contribution in [0.5, 0.6) is 0 Å². The van der Waals surface area contributed by atoms with Crippen molar-refractivity contribution in [1.82, 2.24) is 0 Å². The van der Waals surface area contributed by atoms with Gasteiger partial charge in [-0.05, 0) is 25.7 Å². The zero-order valence-corrected chi connectivity index (χ0v) is 28.4. The number of hydrogen-bond acceptors (Lipinski definition) is 10. The first-order valence-electron chi connectivity index (χ1n) is 17.3. The molecule has 0 saturated heterocycles. The summed E-state index contributed by atoms with van der Waals surface area (Å²) < 4.78 is 21.5. The van der Waals surface area contributed by atoms with Crippen LogP contribution in [0.3, 0.4) is 0 Å². The summed E-state index contributed by atoms with van der Waals surface area (Å²) in [6.45, 7) is 7.95. The molecule has 0 aromatic heterocycles. The zero-order chi connectivity index (χ0) is 34.7. The summed E-state index contributed by atoms with van der Waals surface area (Å²) in [5.41, 5.74) is 0. The monoisotopic (exact) mass is 658 g/mol. The number of unbranched alkanes of at least 4 members (excludes halogenated alkanes) is 12. The highest BCUT2D eigenvalue weighted by atomic mass is 16.6. The van der Waals surface area contributed by atoms with Gasteiger partial charge in [-0.15, -0.1) is 0 Å². The van der Waals surface area contributed by atoms with E-state index < -0.39 is 60.2 Å². The molecule has 4 atom stereocenters. The van der Waals surface area contributed by atoms with Gasteiger partial charge < -0.3 is 29.2 Å². The van der Waals surface area contributed by atoms with Gasteiger partial charge in [-0.3, -0.25) is 19.2 Å². The molecule has 0 aliphatic heterocycles. The van der Waals surface area contributed by atoms with E-state index >= 15 is 0 Å². The highest BCUT2D eigenvalue weighted by molar-refractivity contribution is 5.82. The number of carbonyl (C=O) groups is 6. The fourth-order valence-electron chi connectivity index (χ4n) is 4.73. The molecular formula is C34H58O12. The zero-order valence-electron chi connectivity index (χ0n) is 28.4. The number of carboxylic acid groups (broad SMARTS) is 2. The van der Waals surface area contributed by atoms with Gasteiger partial charge in [-0.25, -0.2) is 9.59 Å². The second-order valence-electron chi connectivity index (χ2n) is 11.6. The maximum absolute atomic E-state index is 13.0. The van der Waals surface area contributed by atoms with E-state index in [-0.39, 0.29) is 25.7 Å². The Hall–Kier alpha value is -3.18. The van der Waals surface area contributed by atoms with Crippen LogP contribution in [0.25, 0.3) is 0 Å². The van der Waals surface area contributed by atoms with Gasteiger partial charge in [0.15, 0.2) is 12.2 Å². The van der Waals surface area contributed by atoms with Gasteiger partial charge in [0.2, 0.25) is 12.2 Å². The molecule has 0 rings (SSSR count). The Kier molecular flexibility index (Phi) is 25.1. The molecule has 0 radical (unpaired) electrons. The number of hydrogen-bond donors (Lipinski definition) is 2. The molecule has 0 fully saturated rings. The topological polar surface area (TPSA) is 180 Å². The highest BCUT2D eigenvalue weighted by Crippen LogP contribution is 2.23. The van der Waals surface area contributed by atoms with Crippen LogP contribution in [0.2, 0.25) is 0 Å². The van der Waals surface area contributed by atoms with Crippen LogP contribution in [0.4, 0.5) is 0 Å². The standard InChI is InChI=1S/C34H58O12/c1-5-9-13-17-21-25(35)43-29(31(33(39)40)45-27(37)23-19-15-11-7-3)30(44-26(36)22-18-14-10-6-2)32(34(41)42)46-28(38)24-20-16-12-8-4/h29-32H,5-24H2,1-4H3,(H,39,40)(H,41,42)/t29-,30+,31+,32-. The molecule has 0 aromatic rings. The van der Waals surface area contributed by atoms with Crippen molar-refractivity contribution in [2.24, 2.45) is 0 Å². The number of ether oxygens (including phenoxy) is 4. The van der Waals surface area contributed by atoms with E-state index in [2.05, 4.69) is 0 Å². The molecule has 12 heteroatoms. The third-order valence-corrected chi connectivity index (χ3v) is 7.40. The molecular weight excluding hydrogens is 600 g/mol. The fraction of sp³-hybridized carbons (Fsp3) is 0.824. The summed E-state index contributed by atoms with van der Waals surface area (Å²) in [6.07, 6.45) is 2.23. The van der Waals surface area contributed by atoms with Crippen LogP contribution in [0.1, 0.15) is 156 Å². The van der Waals surface area contributed by atoms with Crippen molar-refractivity contribution < 1.29 is 57.9 Å². The quantitative estimate of drug-likeness (QED) is 0.0495. The van der Waals surface area contributed by atoms with E-state index in [9.17, 15) is 39.0 Å². The Labute approximate surface area is 274 Å². The van der Waals surface area contributed by atoms with E-state index in [1.807, 2.05) is 27.7 Å². The van der Waals surface area contributed by atoms with Crippen LogP contribution in [0, 0.1) is 0 Å². The lowest BCUT2D eigenvalue weighted by Gasteiger charge is -2.33. The first kappa shape index (κ1) is 42.8. The van der Waals surface area contributed by atoms with Crippen molar-refractivity contribution in [3.05, 3.63) is 0 Å². The molecule has 46 heavy (non-hydrogen) atoms. The second kappa shape index (κ2) is 27.0. The van der Waals surface area contributed by atoms with Crippen LogP contribution in [-0.2, 0) is 47.7 Å². The Balaban J connectivity index is 6.52. The minimum atomic E-state index is -2.23. The van der Waals surface area contributed by atoms with Crippen molar-refractivity contribution in [1.29, 1.82) is 0 Å². The molecule has 0 aliphatic rings. The van der Waals surface area contributed by atoms with Gasteiger partial charge in [0.05, 0.1) is 0 Å². The summed E-state index contributed by atoms with van der Waals surface area (Å²) >= 11 is 0. The number of carbonyl (C=O) groups excluding carboxylic acids is 4. The molecule has 0 unspecified atom stereocenters. The summed E-state index contributed by atoms with van der Waals surface area (Å²) in [5, 5.41) is 20.3. The predicted molar refractivity (Wildman–Crippen MR) is 170 cm³/mol. The van der Waals surface area contributed by atoms with E-state index in [4.69, 9.17) is 18.9 Å². The summed E-state index contributed by atoms with van der Waals surface area (Å²) in [7, 11) is 0. The molecule has 0 bridgehead atoms. The van der Waals surface area contributed by atoms with Crippen LogP contribution >= 0.6 is 0 Å². The molecule has 0 aliphatic carbocycles. The van der Waals surface area contributed by atoms with E-state index in [0.717, 1.165) is 51.4 Å². The normalized spacial score (nSPS) is 13.6. The van der Waals surface area contributed by atoms with Crippen LogP contribution in [0.15, 0.2) is 0 Å². The largest absolute Gasteiger partial charge is 0.478 e. The molecule has 0 heterocycles. The summed E-state index contributed by atoms with van der Waals surface area (Å²) in [5.74, 6) is -7.10. The average molecular weight is 659 g/mol. The first-order valence-corrected chi connectivity index (χ1v) is 17.3. The third kappa shape index (κ3) is 20.0. The van der Waals surface area contributed by atoms with E-state index in [1.165, 1.54) is 0 Å². The van der Waals surface area contributed by atoms with Gasteiger partial charge in [0.25, 0.3) is 0 Å². The minimum Gasteiger partial charge on any atom is -0.478 e. The second-order valence-corrected chi connectivity index (χ2v) is 11.6. The average Bonchev–Trinajstić information content (AvgIpc) is 3.01. The van der Waals surface area contributed by atoms with Crippen molar-refractivity contribution in [2.75, 3.05) is 0 Å². The molecule has 0 amide bonds. The number of rotatable bonds is 29. The number of aliphatic carboxylic acids is 2. The van der Waals surface area contributed by atoms with Gasteiger partial charge in [0.1, 0.15) is 0 Å². The van der Waals surface area contributed by atoms with E-state index in [1.54, 1.807) is 0 Å². The Morgan fingerprint density at radius 2 is 0.630 bits per heavy atom. The van der Waals surface area contributed by atoms with Gasteiger partial charge in [-0.1, -0.05) is 105 Å². The predicted octanol–water partition coefficient (Wildman–Crippen LogP) is 6.68. The van der Waals surface area contributed by atoms with Crippen LogP contribution in [-0.4, -0.2) is 70.4 Å². The molecule has 0 spiro atoms. The lowest BCUT2D eigenvalue weighted by Crippen LogP contribution is -2.56. The van der Waals surface area contributed by atoms with Crippen molar-refractivity contribution in [2.45, 2.75) is 181 Å². The van der Waals surface area contributed by atoms with Crippen LogP contribution < -0.4 is 0 Å². The maximum atomic E-state index is 13.0. The van der Waals surface area contributed by atoms with Crippen molar-refractivity contribution in [3.8, 4) is 0 Å². The van der Waals surface area contributed by atoms with E-state index in [0.29, 0.717) is 51.4 Å². The Morgan fingerprint density at radius 1 is 0.391 bits per heavy atom. The van der Waals surface area contributed by atoms with Crippen molar-refractivity contribution in [3.63, 3.8) is 0 Å². The molecule has 0 saturated carbocycles. The fourth-order valence-corrected chi connectivity index (χ4v) is 4.73. The van der Waals surface area contributed by atoms with Gasteiger partial charge >= 0.3 is 35.8 Å². The Bertz CT molecular complexity index is 831. The lowest BCUT2D eigenvalue weighted by molar-refractivity contribution is -0.209. The lowest BCUT2D eigenvalue weighted by atomic mass is 10.0. The number of carboxylic acids is 2.